The van der Waals surface area contributed by atoms with Crippen LogP contribution in [0.2, 0.25) is 0 Å². The smallest absolute Gasteiger partial charge is 0.212 e. The van der Waals surface area contributed by atoms with Crippen molar-refractivity contribution in [2.24, 2.45) is 0 Å². The fourth-order valence-electron chi connectivity index (χ4n) is 2.35. The van der Waals surface area contributed by atoms with Crippen molar-refractivity contribution in [2.45, 2.75) is 25.5 Å². The molecule has 0 saturated heterocycles. The van der Waals surface area contributed by atoms with E-state index < -0.39 is 14.3 Å². The number of halogens is 1. The van der Waals surface area contributed by atoms with Crippen LogP contribution in [0.1, 0.15) is 27.5 Å². The largest absolute Gasteiger partial charge is 0.239 e. The van der Waals surface area contributed by atoms with Crippen molar-refractivity contribution in [1.82, 2.24) is 0 Å². The summed E-state index contributed by atoms with van der Waals surface area (Å²) in [6.07, 6.45) is 0.392. The lowest BCUT2D eigenvalue weighted by Crippen LogP contribution is -2.12. The molecule has 0 radical (unpaired) electrons. The first-order chi connectivity index (χ1) is 9.39. The summed E-state index contributed by atoms with van der Waals surface area (Å²) >= 11 is 0. The molecule has 2 aromatic rings. The van der Waals surface area contributed by atoms with Crippen LogP contribution in [0.3, 0.4) is 0 Å². The summed E-state index contributed by atoms with van der Waals surface area (Å²) in [5.41, 5.74) is 3.79. The van der Waals surface area contributed by atoms with Gasteiger partial charge in [-0.25, -0.2) is 8.42 Å². The summed E-state index contributed by atoms with van der Waals surface area (Å²) in [6, 6.07) is 15.3. The quantitative estimate of drug-likeness (QED) is 0.795. The fraction of sp³-hybridized carbons (Fsp3) is 0.250. The molecule has 1 unspecified atom stereocenters. The van der Waals surface area contributed by atoms with Gasteiger partial charge in [0, 0.05) is 10.7 Å². The molecule has 106 valence electrons. The van der Waals surface area contributed by atoms with E-state index in [9.17, 15) is 8.42 Å². The monoisotopic (exact) mass is 308 g/mol. The molecule has 0 spiro atoms. The maximum absolute atomic E-state index is 12.0. The Morgan fingerprint density at radius 3 is 2.05 bits per heavy atom. The molecule has 0 bridgehead atoms. The van der Waals surface area contributed by atoms with E-state index in [1.54, 1.807) is 0 Å². The second-order valence-corrected chi connectivity index (χ2v) is 7.76. The molecule has 4 heteroatoms. The molecule has 2 nitrogen and oxygen atoms in total. The molecule has 0 N–H and O–H groups in total. The standard InChI is InChI=1S/C16H17ClO2S/c1-12-7-3-5-9-14(12)11-16(20(17,18)19)15-10-6-4-8-13(15)2/h3-10,16H,11H2,1-2H3. The van der Waals surface area contributed by atoms with Crippen molar-refractivity contribution in [1.29, 1.82) is 0 Å². The van der Waals surface area contributed by atoms with Crippen LogP contribution in [0, 0.1) is 13.8 Å². The minimum Gasteiger partial charge on any atom is -0.212 e. The van der Waals surface area contributed by atoms with Gasteiger partial charge in [-0.2, -0.15) is 0 Å². The SMILES string of the molecule is Cc1ccccc1CC(c1ccccc1C)S(=O)(=O)Cl. The Balaban J connectivity index is 2.46. The Hall–Kier alpha value is -1.32. The van der Waals surface area contributed by atoms with Gasteiger partial charge in [0.05, 0.1) is 0 Å². The zero-order valence-corrected chi connectivity index (χ0v) is 13.1. The normalized spacial score (nSPS) is 13.2. The minimum atomic E-state index is -3.68. The molecule has 0 fully saturated rings. The summed E-state index contributed by atoms with van der Waals surface area (Å²) in [7, 11) is 2.00. The van der Waals surface area contributed by atoms with Crippen molar-refractivity contribution in [2.75, 3.05) is 0 Å². The van der Waals surface area contributed by atoms with Gasteiger partial charge in [-0.15, -0.1) is 0 Å². The molecule has 0 aromatic heterocycles. The van der Waals surface area contributed by atoms with Gasteiger partial charge in [0.2, 0.25) is 9.05 Å². The van der Waals surface area contributed by atoms with Gasteiger partial charge in [-0.05, 0) is 42.5 Å². The van der Waals surface area contributed by atoms with Crippen molar-refractivity contribution in [3.8, 4) is 0 Å². The third-order valence-electron chi connectivity index (χ3n) is 3.54. The van der Waals surface area contributed by atoms with Crippen LogP contribution < -0.4 is 0 Å². The Kier molecular flexibility index (Phi) is 4.51. The van der Waals surface area contributed by atoms with E-state index in [0.717, 1.165) is 22.3 Å². The molecule has 0 heterocycles. The second kappa shape index (κ2) is 5.98. The van der Waals surface area contributed by atoms with E-state index in [4.69, 9.17) is 10.7 Å². The molecule has 0 aliphatic rings. The summed E-state index contributed by atoms with van der Waals surface area (Å²) in [4.78, 5) is 0. The van der Waals surface area contributed by atoms with E-state index >= 15 is 0 Å². The van der Waals surface area contributed by atoms with Gasteiger partial charge in [0.25, 0.3) is 0 Å². The molecule has 0 amide bonds. The van der Waals surface area contributed by atoms with Crippen LogP contribution in [-0.2, 0) is 15.5 Å². The average molecular weight is 309 g/mol. The van der Waals surface area contributed by atoms with Crippen LogP contribution in [0.15, 0.2) is 48.5 Å². The van der Waals surface area contributed by atoms with Crippen LogP contribution in [0.4, 0.5) is 0 Å². The van der Waals surface area contributed by atoms with Crippen LogP contribution in [-0.4, -0.2) is 8.42 Å². The third-order valence-corrected chi connectivity index (χ3v) is 5.29. The lowest BCUT2D eigenvalue weighted by atomic mass is 9.98. The second-order valence-electron chi connectivity index (χ2n) is 4.95. The number of hydrogen-bond donors (Lipinski definition) is 0. The van der Waals surface area contributed by atoms with E-state index in [1.165, 1.54) is 0 Å². The van der Waals surface area contributed by atoms with E-state index in [2.05, 4.69) is 0 Å². The molecule has 20 heavy (non-hydrogen) atoms. The highest BCUT2D eigenvalue weighted by atomic mass is 35.7. The Morgan fingerprint density at radius 1 is 0.950 bits per heavy atom. The van der Waals surface area contributed by atoms with Crippen molar-refractivity contribution < 1.29 is 8.42 Å². The first kappa shape index (κ1) is 15.1. The van der Waals surface area contributed by atoms with Crippen LogP contribution >= 0.6 is 10.7 Å². The summed E-state index contributed by atoms with van der Waals surface area (Å²) < 4.78 is 23.9. The zero-order valence-electron chi connectivity index (χ0n) is 11.5. The predicted octanol–water partition coefficient (Wildman–Crippen LogP) is 4.16. The summed E-state index contributed by atoms with van der Waals surface area (Å²) in [5.74, 6) is 0. The van der Waals surface area contributed by atoms with Crippen molar-refractivity contribution >= 4 is 19.7 Å². The molecule has 0 saturated carbocycles. The van der Waals surface area contributed by atoms with Gasteiger partial charge in [-0.1, -0.05) is 48.5 Å². The lowest BCUT2D eigenvalue weighted by molar-refractivity contribution is 0.595. The first-order valence-corrected chi connectivity index (χ1v) is 8.80. The Bertz CT molecular complexity index is 708. The molecular formula is C16H17ClO2S. The summed E-state index contributed by atoms with van der Waals surface area (Å²) in [6.45, 7) is 3.88. The Morgan fingerprint density at radius 2 is 1.50 bits per heavy atom. The van der Waals surface area contributed by atoms with Gasteiger partial charge in [0.1, 0.15) is 5.25 Å². The molecule has 0 aliphatic heterocycles. The zero-order chi connectivity index (χ0) is 14.8. The van der Waals surface area contributed by atoms with E-state index in [0.29, 0.717) is 6.42 Å². The van der Waals surface area contributed by atoms with E-state index in [-0.39, 0.29) is 0 Å². The highest BCUT2D eigenvalue weighted by Gasteiger charge is 2.27. The topological polar surface area (TPSA) is 34.1 Å². The van der Waals surface area contributed by atoms with Gasteiger partial charge >= 0.3 is 0 Å². The summed E-state index contributed by atoms with van der Waals surface area (Å²) in [5, 5.41) is -0.716. The van der Waals surface area contributed by atoms with Crippen molar-refractivity contribution in [3.63, 3.8) is 0 Å². The third kappa shape index (κ3) is 3.41. The fourth-order valence-corrected chi connectivity index (χ4v) is 3.77. The molecule has 1 atom stereocenters. The van der Waals surface area contributed by atoms with Gasteiger partial charge < -0.3 is 0 Å². The highest BCUT2D eigenvalue weighted by Crippen LogP contribution is 2.32. The maximum atomic E-state index is 12.0. The predicted molar refractivity (Wildman–Crippen MR) is 83.6 cm³/mol. The Labute approximate surface area is 124 Å². The maximum Gasteiger partial charge on any atom is 0.239 e. The average Bonchev–Trinajstić information content (AvgIpc) is 2.38. The lowest BCUT2D eigenvalue weighted by Gasteiger charge is -2.17. The molecular weight excluding hydrogens is 292 g/mol. The number of rotatable bonds is 4. The molecule has 2 aromatic carbocycles. The highest BCUT2D eigenvalue weighted by molar-refractivity contribution is 8.13. The van der Waals surface area contributed by atoms with Crippen LogP contribution in [0.5, 0.6) is 0 Å². The first-order valence-electron chi connectivity index (χ1n) is 6.43. The number of benzene rings is 2. The number of hydrogen-bond acceptors (Lipinski definition) is 2. The molecule has 0 aliphatic carbocycles. The van der Waals surface area contributed by atoms with E-state index in [1.807, 2.05) is 62.4 Å². The minimum absolute atomic E-state index is 0.392. The van der Waals surface area contributed by atoms with Gasteiger partial charge in [-0.3, -0.25) is 0 Å². The molecule has 2 rings (SSSR count). The van der Waals surface area contributed by atoms with Gasteiger partial charge in [0.15, 0.2) is 0 Å². The van der Waals surface area contributed by atoms with Crippen molar-refractivity contribution in [3.05, 3.63) is 70.8 Å². The number of aryl methyl sites for hydroxylation is 2. The van der Waals surface area contributed by atoms with Crippen LogP contribution in [0.25, 0.3) is 0 Å².